The molecule has 0 aliphatic rings. The lowest BCUT2D eigenvalue weighted by molar-refractivity contribution is -0.104. The van der Waals surface area contributed by atoms with Crippen molar-refractivity contribution in [2.24, 2.45) is 0 Å². The molecule has 0 saturated carbocycles. The number of carboxylic acids is 2. The van der Waals surface area contributed by atoms with Crippen molar-refractivity contribution in [3.8, 4) is 23.0 Å². The molecule has 2 aromatic carbocycles. The van der Waals surface area contributed by atoms with Crippen LogP contribution < -0.4 is 9.78 Å². The molecule has 8 heteroatoms. The molecular formula is C30H42O8. The Morgan fingerprint density at radius 2 is 0.816 bits per heavy atom. The molecule has 0 heterocycles. The highest BCUT2D eigenvalue weighted by molar-refractivity contribution is 5.94. The smallest absolute Gasteiger partial charge is 0.339 e. The average Bonchev–Trinajstić information content (AvgIpc) is 2.67. The summed E-state index contributed by atoms with van der Waals surface area (Å²) in [7, 11) is 0. The number of carboxylic acid groups (broad SMARTS) is 2. The van der Waals surface area contributed by atoms with Gasteiger partial charge in [0.05, 0.1) is 0 Å². The molecule has 0 bridgehead atoms. The summed E-state index contributed by atoms with van der Waals surface area (Å²) in [6.07, 6.45) is 0. The second-order valence-corrected chi connectivity index (χ2v) is 13.8. The third-order valence-electron chi connectivity index (χ3n) is 6.29. The van der Waals surface area contributed by atoms with E-state index in [1.165, 1.54) is 12.1 Å². The lowest BCUT2D eigenvalue weighted by atomic mass is 9.77. The van der Waals surface area contributed by atoms with Gasteiger partial charge in [-0.05, 0) is 33.8 Å². The molecule has 0 aromatic heterocycles. The second-order valence-electron chi connectivity index (χ2n) is 13.8. The average molecular weight is 531 g/mol. The minimum Gasteiger partial charge on any atom is -0.507 e. The summed E-state index contributed by atoms with van der Waals surface area (Å²) in [6.45, 7) is 21.9. The molecule has 0 aliphatic heterocycles. The fraction of sp³-hybridized carbons (Fsp3) is 0.533. The number of aromatic carboxylic acids is 2. The maximum Gasteiger partial charge on any atom is 0.339 e. The lowest BCUT2D eigenvalue weighted by Gasteiger charge is -2.31. The van der Waals surface area contributed by atoms with E-state index in [9.17, 15) is 30.0 Å². The van der Waals surface area contributed by atoms with Crippen molar-refractivity contribution >= 4 is 11.9 Å². The highest BCUT2D eigenvalue weighted by Crippen LogP contribution is 2.49. The van der Waals surface area contributed by atoms with E-state index < -0.39 is 33.6 Å². The summed E-state index contributed by atoms with van der Waals surface area (Å²) in [5, 5.41) is 42.7. The number of hydrogen-bond donors (Lipinski definition) is 4. The lowest BCUT2D eigenvalue weighted by Crippen LogP contribution is -2.24. The van der Waals surface area contributed by atoms with Crippen LogP contribution in [0.25, 0.3) is 0 Å². The molecule has 0 fully saturated rings. The first-order chi connectivity index (χ1) is 16.9. The van der Waals surface area contributed by atoms with Crippen molar-refractivity contribution in [1.82, 2.24) is 0 Å². The van der Waals surface area contributed by atoms with Crippen LogP contribution in [0.4, 0.5) is 0 Å². The van der Waals surface area contributed by atoms with Crippen LogP contribution in [-0.2, 0) is 21.7 Å². The predicted molar refractivity (Wildman–Crippen MR) is 146 cm³/mol. The summed E-state index contributed by atoms with van der Waals surface area (Å²) < 4.78 is 0. The highest BCUT2D eigenvalue weighted by atomic mass is 17.2. The number of carbonyl (C=O) groups is 2. The van der Waals surface area contributed by atoms with Crippen LogP contribution in [0.3, 0.4) is 0 Å². The molecule has 0 spiro atoms. The molecule has 210 valence electrons. The molecule has 0 atom stereocenters. The zero-order chi connectivity index (χ0) is 29.8. The first-order valence-electron chi connectivity index (χ1n) is 12.5. The van der Waals surface area contributed by atoms with E-state index in [0.29, 0.717) is 11.1 Å². The minimum absolute atomic E-state index is 0.131. The Kier molecular flexibility index (Phi) is 7.87. The largest absolute Gasteiger partial charge is 0.507 e. The van der Waals surface area contributed by atoms with Gasteiger partial charge in [-0.25, -0.2) is 9.59 Å². The van der Waals surface area contributed by atoms with Gasteiger partial charge < -0.3 is 20.4 Å². The predicted octanol–water partition coefficient (Wildman–Crippen LogP) is 7.06. The molecule has 0 radical (unpaired) electrons. The molecule has 4 N–H and O–H groups in total. The van der Waals surface area contributed by atoms with Gasteiger partial charge in [0, 0.05) is 22.3 Å². The Hall–Kier alpha value is -3.42. The van der Waals surface area contributed by atoms with Gasteiger partial charge in [-0.1, -0.05) is 83.1 Å². The Balaban J connectivity index is 2.95. The maximum atomic E-state index is 12.4. The van der Waals surface area contributed by atoms with E-state index in [4.69, 9.17) is 9.78 Å². The SMILES string of the molecule is CC(C)(C)c1cc(C(=O)O)c(OOc2c(C(=O)O)cc(C(C)(C)C)c(O)c2C(C)(C)C)c(C(C)(C)C)c1O. The quantitative estimate of drug-likeness (QED) is 0.238. The number of rotatable bonds is 5. The van der Waals surface area contributed by atoms with Crippen molar-refractivity contribution in [2.75, 3.05) is 0 Å². The third-order valence-corrected chi connectivity index (χ3v) is 6.29. The number of phenols is 2. The van der Waals surface area contributed by atoms with Crippen molar-refractivity contribution in [3.63, 3.8) is 0 Å². The summed E-state index contributed by atoms with van der Waals surface area (Å²) in [5.41, 5.74) is -1.99. The maximum absolute atomic E-state index is 12.4. The molecule has 2 aromatic rings. The molecular weight excluding hydrogens is 488 g/mol. The summed E-state index contributed by atoms with van der Waals surface area (Å²) in [6, 6.07) is 2.68. The molecule has 0 saturated heterocycles. The van der Waals surface area contributed by atoms with E-state index in [0.717, 1.165) is 0 Å². The van der Waals surface area contributed by atoms with Gasteiger partial charge in [-0.15, -0.1) is 0 Å². The van der Waals surface area contributed by atoms with E-state index >= 15 is 0 Å². The standard InChI is InChI=1S/C30H42O8/c1-27(2,3)17-13-15(25(33)34)23(19(21(17)31)29(7,8)9)37-38-24-16(26(35)36)14-18(28(4,5)6)22(32)20(24)30(10,11)12/h13-14,31-32H,1-12H3,(H,33,34)(H,35,36). The van der Waals surface area contributed by atoms with Crippen LogP contribution >= 0.6 is 0 Å². The van der Waals surface area contributed by atoms with E-state index in [2.05, 4.69) is 0 Å². The van der Waals surface area contributed by atoms with Gasteiger partial charge >= 0.3 is 11.9 Å². The van der Waals surface area contributed by atoms with Gasteiger partial charge in [0.2, 0.25) is 11.5 Å². The number of hydrogen-bond acceptors (Lipinski definition) is 6. The van der Waals surface area contributed by atoms with E-state index in [1.807, 2.05) is 41.5 Å². The Morgan fingerprint density at radius 1 is 0.553 bits per heavy atom. The van der Waals surface area contributed by atoms with Crippen molar-refractivity contribution in [1.29, 1.82) is 0 Å². The first kappa shape index (κ1) is 30.8. The second kappa shape index (κ2) is 9.71. The molecule has 0 aliphatic carbocycles. The van der Waals surface area contributed by atoms with E-state index in [1.54, 1.807) is 41.5 Å². The van der Waals surface area contributed by atoms with Crippen LogP contribution in [0, 0.1) is 0 Å². The van der Waals surface area contributed by atoms with Crippen molar-refractivity contribution < 1.29 is 39.8 Å². The van der Waals surface area contributed by atoms with Crippen LogP contribution in [0.1, 0.15) is 126 Å². The zero-order valence-electron chi connectivity index (χ0n) is 24.6. The van der Waals surface area contributed by atoms with E-state index in [-0.39, 0.29) is 45.3 Å². The molecule has 8 nitrogen and oxygen atoms in total. The fourth-order valence-corrected chi connectivity index (χ4v) is 4.42. The summed E-state index contributed by atoms with van der Waals surface area (Å²) in [4.78, 5) is 36.1. The van der Waals surface area contributed by atoms with Gasteiger partial charge in [0.1, 0.15) is 22.6 Å². The normalized spacial score (nSPS) is 12.8. The van der Waals surface area contributed by atoms with Gasteiger partial charge in [-0.3, -0.25) is 9.78 Å². The van der Waals surface area contributed by atoms with Crippen LogP contribution in [0.2, 0.25) is 0 Å². The van der Waals surface area contributed by atoms with Gasteiger partial charge in [0.25, 0.3) is 0 Å². The number of phenolic OH excluding ortho intramolecular Hbond substituents is 2. The highest BCUT2D eigenvalue weighted by Gasteiger charge is 2.37. The number of benzene rings is 2. The number of aromatic hydroxyl groups is 2. The Labute approximate surface area is 225 Å². The zero-order valence-corrected chi connectivity index (χ0v) is 24.6. The first-order valence-corrected chi connectivity index (χ1v) is 12.5. The van der Waals surface area contributed by atoms with Crippen molar-refractivity contribution in [3.05, 3.63) is 45.5 Å². The van der Waals surface area contributed by atoms with Crippen LogP contribution in [0.5, 0.6) is 23.0 Å². The van der Waals surface area contributed by atoms with Gasteiger partial charge in [0.15, 0.2) is 0 Å². The minimum atomic E-state index is -1.31. The monoisotopic (exact) mass is 530 g/mol. The third kappa shape index (κ3) is 6.00. The van der Waals surface area contributed by atoms with Crippen LogP contribution in [0.15, 0.2) is 12.1 Å². The fourth-order valence-electron chi connectivity index (χ4n) is 4.42. The Bertz CT molecular complexity index is 1160. The summed E-state index contributed by atoms with van der Waals surface area (Å²) >= 11 is 0. The van der Waals surface area contributed by atoms with Gasteiger partial charge in [-0.2, -0.15) is 0 Å². The molecule has 0 amide bonds. The van der Waals surface area contributed by atoms with Crippen molar-refractivity contribution in [2.45, 2.75) is 105 Å². The Morgan fingerprint density at radius 3 is 1.00 bits per heavy atom. The summed E-state index contributed by atoms with van der Waals surface area (Å²) in [5.74, 6) is -3.36. The molecule has 38 heavy (non-hydrogen) atoms. The molecule has 2 rings (SSSR count). The molecule has 0 unspecified atom stereocenters. The van der Waals surface area contributed by atoms with Crippen LogP contribution in [-0.4, -0.2) is 32.4 Å². The topological polar surface area (TPSA) is 134 Å².